The van der Waals surface area contributed by atoms with Crippen LogP contribution >= 0.6 is 7.67 Å². The fourth-order valence-electron chi connectivity index (χ4n) is 4.04. The summed E-state index contributed by atoms with van der Waals surface area (Å²) in [7, 11) is 0.305. The molecule has 5 rings (SSSR count). The van der Waals surface area contributed by atoms with Gasteiger partial charge in [-0.3, -0.25) is 24.0 Å². The highest BCUT2D eigenvalue weighted by atomic mass is 31.2. The van der Waals surface area contributed by atoms with Crippen molar-refractivity contribution in [3.8, 4) is 11.5 Å². The van der Waals surface area contributed by atoms with E-state index in [2.05, 4.69) is 0 Å². The summed E-state index contributed by atoms with van der Waals surface area (Å²) in [6.07, 6.45) is 0.820. The van der Waals surface area contributed by atoms with Crippen molar-refractivity contribution in [2.24, 2.45) is 0 Å². The lowest BCUT2D eigenvalue weighted by molar-refractivity contribution is -0.385. The molecular formula is C22H25N4O6P. The second-order valence-electron chi connectivity index (χ2n) is 8.63. The number of nitrogens with zero attached hydrogens (tertiary/aromatic N) is 4. The van der Waals surface area contributed by atoms with Crippen LogP contribution in [0.1, 0.15) is 34.0 Å². The van der Waals surface area contributed by atoms with Gasteiger partial charge in [-0.25, -0.2) is 9.34 Å². The molecule has 11 heteroatoms. The van der Waals surface area contributed by atoms with E-state index in [0.29, 0.717) is 24.2 Å². The van der Waals surface area contributed by atoms with Gasteiger partial charge in [0, 0.05) is 51.9 Å². The fourth-order valence-corrected chi connectivity index (χ4v) is 6.41. The van der Waals surface area contributed by atoms with Crippen molar-refractivity contribution in [3.63, 3.8) is 0 Å². The molecule has 2 aliphatic heterocycles. The summed E-state index contributed by atoms with van der Waals surface area (Å²) in [5.41, 5.74) is 1.95. The molecule has 0 bridgehead atoms. The molecular weight excluding hydrogens is 447 g/mol. The van der Waals surface area contributed by atoms with Gasteiger partial charge in [-0.15, -0.1) is 0 Å². The number of fused-ring (bicyclic) bond motifs is 1. The minimum absolute atomic E-state index is 0.0919. The minimum Gasteiger partial charge on any atom is -0.450 e. The van der Waals surface area contributed by atoms with Crippen molar-refractivity contribution in [1.82, 2.24) is 14.2 Å². The molecule has 0 N–H and O–H groups in total. The van der Waals surface area contributed by atoms with Crippen LogP contribution in [0.4, 0.5) is 5.69 Å². The van der Waals surface area contributed by atoms with E-state index in [-0.39, 0.29) is 17.3 Å². The Bertz CT molecular complexity index is 1140. The normalized spacial score (nSPS) is 19.8. The molecule has 2 heterocycles. The summed E-state index contributed by atoms with van der Waals surface area (Å²) in [6.45, 7) is 3.03. The molecule has 1 atom stereocenters. The summed E-state index contributed by atoms with van der Waals surface area (Å²) >= 11 is 0. The van der Waals surface area contributed by atoms with Gasteiger partial charge < -0.3 is 9.64 Å². The average molecular weight is 472 g/mol. The third-order valence-corrected chi connectivity index (χ3v) is 8.76. The Balaban J connectivity index is 1.42. The lowest BCUT2D eigenvalue weighted by Crippen LogP contribution is -2.21. The summed E-state index contributed by atoms with van der Waals surface area (Å²) in [5, 5.41) is 11.7. The molecule has 174 valence electrons. The van der Waals surface area contributed by atoms with Crippen molar-refractivity contribution in [2.45, 2.75) is 18.9 Å². The van der Waals surface area contributed by atoms with Gasteiger partial charge in [0.05, 0.1) is 11.0 Å². The van der Waals surface area contributed by atoms with Crippen LogP contribution in [0.2, 0.25) is 0 Å². The van der Waals surface area contributed by atoms with E-state index in [0.717, 1.165) is 37.3 Å². The van der Waals surface area contributed by atoms with Gasteiger partial charge in [0.25, 0.3) is 5.91 Å². The number of rotatable bonds is 8. The van der Waals surface area contributed by atoms with Crippen LogP contribution in [0.25, 0.3) is 0 Å². The fraction of sp³-hybridized carbons (Fsp3) is 0.409. The first-order chi connectivity index (χ1) is 15.8. The molecule has 3 aliphatic rings. The van der Waals surface area contributed by atoms with Gasteiger partial charge in [-0.1, -0.05) is 0 Å². The average Bonchev–Trinajstić information content (AvgIpc) is 3.70. The molecule has 2 saturated heterocycles. The summed E-state index contributed by atoms with van der Waals surface area (Å²) in [4.78, 5) is 24.8. The molecule has 2 fully saturated rings. The standard InChI is InChI=1S/C22H25N4O6P/c1-23(2)22(27)15-3-6-17(7-4-15)31-21-14-18-16(13-19(21)26(28)29)5-8-20(18)32-33(30,24-9-10-24)25-11-12-25/h3-4,6-7,13-14,20H,5,8-12H2,1-2H3. The van der Waals surface area contributed by atoms with Gasteiger partial charge in [-0.05, 0) is 54.3 Å². The van der Waals surface area contributed by atoms with Crippen LogP contribution in [0.15, 0.2) is 36.4 Å². The third-order valence-electron chi connectivity index (χ3n) is 6.00. The van der Waals surface area contributed by atoms with E-state index >= 15 is 0 Å². The third kappa shape index (κ3) is 4.27. The smallest absolute Gasteiger partial charge is 0.346 e. The van der Waals surface area contributed by atoms with E-state index < -0.39 is 18.7 Å². The number of ether oxygens (including phenoxy) is 1. The molecule has 0 aromatic heterocycles. The van der Waals surface area contributed by atoms with Crippen LogP contribution in [0.5, 0.6) is 11.5 Å². The van der Waals surface area contributed by atoms with Crippen molar-refractivity contribution < 1.29 is 23.5 Å². The number of carbonyl (C=O) groups excluding carboxylic acids is 1. The zero-order chi connectivity index (χ0) is 23.3. The van der Waals surface area contributed by atoms with Crippen LogP contribution in [-0.4, -0.2) is 65.3 Å². The Labute approximate surface area is 191 Å². The van der Waals surface area contributed by atoms with E-state index in [1.165, 1.54) is 11.0 Å². The molecule has 1 unspecified atom stereocenters. The predicted octanol–water partition coefficient (Wildman–Crippen LogP) is 3.83. The van der Waals surface area contributed by atoms with Gasteiger partial charge >= 0.3 is 13.4 Å². The van der Waals surface area contributed by atoms with Gasteiger partial charge in [0.15, 0.2) is 0 Å². The highest BCUT2D eigenvalue weighted by molar-refractivity contribution is 7.54. The number of nitro groups is 1. The quantitative estimate of drug-likeness (QED) is 0.247. The molecule has 33 heavy (non-hydrogen) atoms. The second kappa shape index (κ2) is 8.22. The van der Waals surface area contributed by atoms with Gasteiger partial charge in [0.2, 0.25) is 5.75 Å². The second-order valence-corrected chi connectivity index (χ2v) is 11.0. The molecule has 2 aromatic carbocycles. The number of benzene rings is 2. The summed E-state index contributed by atoms with van der Waals surface area (Å²) in [5.74, 6) is 0.323. The van der Waals surface area contributed by atoms with Crippen molar-refractivity contribution >= 4 is 19.3 Å². The molecule has 1 aliphatic carbocycles. The molecule has 0 spiro atoms. The lowest BCUT2D eigenvalue weighted by atomic mass is 10.1. The predicted molar refractivity (Wildman–Crippen MR) is 121 cm³/mol. The van der Waals surface area contributed by atoms with Gasteiger partial charge in [-0.2, -0.15) is 0 Å². The topological polar surface area (TPSA) is 105 Å². The van der Waals surface area contributed by atoms with Crippen molar-refractivity contribution in [3.05, 3.63) is 63.2 Å². The Hall–Kier alpha value is -2.78. The highest BCUT2D eigenvalue weighted by Gasteiger charge is 2.51. The zero-order valence-corrected chi connectivity index (χ0v) is 19.4. The Kier molecular flexibility index (Phi) is 5.49. The molecule has 0 radical (unpaired) electrons. The lowest BCUT2D eigenvalue weighted by Gasteiger charge is -2.24. The first kappa shape index (κ1) is 22.0. The van der Waals surface area contributed by atoms with Crippen molar-refractivity contribution in [2.75, 3.05) is 40.3 Å². The van der Waals surface area contributed by atoms with Crippen LogP contribution in [-0.2, 0) is 15.5 Å². The number of hydrogen-bond acceptors (Lipinski definition) is 6. The molecule has 0 saturated carbocycles. The number of amides is 1. The van der Waals surface area contributed by atoms with E-state index in [1.54, 1.807) is 44.4 Å². The van der Waals surface area contributed by atoms with Gasteiger partial charge in [0.1, 0.15) is 5.75 Å². The molecule has 1 amide bonds. The summed E-state index contributed by atoms with van der Waals surface area (Å²) in [6, 6.07) is 9.62. The van der Waals surface area contributed by atoms with E-state index in [9.17, 15) is 19.5 Å². The number of hydrogen-bond donors (Lipinski definition) is 0. The molecule has 2 aromatic rings. The first-order valence-electron chi connectivity index (χ1n) is 10.9. The Morgan fingerprint density at radius 1 is 1.12 bits per heavy atom. The zero-order valence-electron chi connectivity index (χ0n) is 18.5. The van der Waals surface area contributed by atoms with Crippen LogP contribution in [0.3, 0.4) is 0 Å². The number of carbonyl (C=O) groups is 1. The Morgan fingerprint density at radius 2 is 1.76 bits per heavy atom. The minimum atomic E-state index is -3.03. The monoisotopic (exact) mass is 472 g/mol. The number of nitro benzene ring substituents is 1. The van der Waals surface area contributed by atoms with Crippen LogP contribution < -0.4 is 4.74 Å². The molecule has 10 nitrogen and oxygen atoms in total. The Morgan fingerprint density at radius 3 is 2.30 bits per heavy atom. The maximum absolute atomic E-state index is 13.4. The SMILES string of the molecule is CN(C)C(=O)c1ccc(Oc2cc3c(cc2[N+](=O)[O-])CCC3OP(=O)(N2CC2)N2CC2)cc1. The maximum Gasteiger partial charge on any atom is 0.346 e. The highest BCUT2D eigenvalue weighted by Crippen LogP contribution is 2.64. The largest absolute Gasteiger partial charge is 0.450 e. The maximum atomic E-state index is 13.4. The van der Waals surface area contributed by atoms with E-state index in [1.807, 2.05) is 9.34 Å². The van der Waals surface area contributed by atoms with Crippen LogP contribution in [0, 0.1) is 10.1 Å². The van der Waals surface area contributed by atoms with E-state index in [4.69, 9.17) is 9.26 Å². The van der Waals surface area contributed by atoms with Crippen molar-refractivity contribution in [1.29, 1.82) is 0 Å². The number of aryl methyl sites for hydroxylation is 1. The summed E-state index contributed by atoms with van der Waals surface area (Å²) < 4.78 is 29.2. The first-order valence-corrected chi connectivity index (χ1v) is 12.4.